The molecule has 3 nitrogen and oxygen atoms in total. The summed E-state index contributed by atoms with van der Waals surface area (Å²) in [7, 11) is 0. The lowest BCUT2D eigenvalue weighted by Crippen LogP contribution is -2.52. The summed E-state index contributed by atoms with van der Waals surface area (Å²) in [6.07, 6.45) is 4.98. The van der Waals surface area contributed by atoms with Crippen LogP contribution in [0.1, 0.15) is 60.3 Å². The minimum absolute atomic E-state index is 0.185. The molecule has 1 saturated heterocycles. The zero-order valence-corrected chi connectivity index (χ0v) is 14.4. The van der Waals surface area contributed by atoms with Crippen LogP contribution in [-0.2, 0) is 4.74 Å². The molecule has 0 aromatic carbocycles. The van der Waals surface area contributed by atoms with E-state index in [-0.39, 0.29) is 5.54 Å². The number of hydrogen-bond acceptors (Lipinski definition) is 3. The topological polar surface area (TPSA) is 24.5 Å². The van der Waals surface area contributed by atoms with Crippen molar-refractivity contribution in [3.63, 3.8) is 0 Å². The largest absolute Gasteiger partial charge is 0.381 e. The Kier molecular flexibility index (Phi) is 7.49. The van der Waals surface area contributed by atoms with Gasteiger partial charge in [-0.1, -0.05) is 13.8 Å². The molecule has 1 unspecified atom stereocenters. The number of nitrogens with zero attached hydrogens (tertiary/aromatic N) is 1. The Bertz CT molecular complexity index is 248. The highest BCUT2D eigenvalue weighted by Gasteiger charge is 2.35. The van der Waals surface area contributed by atoms with Gasteiger partial charge in [-0.15, -0.1) is 0 Å². The van der Waals surface area contributed by atoms with Crippen molar-refractivity contribution in [3.8, 4) is 0 Å². The molecule has 120 valence electrons. The maximum Gasteiger partial charge on any atom is 0.0546 e. The van der Waals surface area contributed by atoms with Crippen LogP contribution in [0.5, 0.6) is 0 Å². The summed E-state index contributed by atoms with van der Waals surface area (Å²) in [6.45, 7) is 17.8. The van der Waals surface area contributed by atoms with Crippen molar-refractivity contribution in [2.75, 3.05) is 39.4 Å². The second-order valence-corrected chi connectivity index (χ2v) is 7.54. The third kappa shape index (κ3) is 6.55. The van der Waals surface area contributed by atoms with Gasteiger partial charge in [0, 0.05) is 30.7 Å². The smallest absolute Gasteiger partial charge is 0.0546 e. The molecule has 0 amide bonds. The molecule has 1 aliphatic rings. The molecule has 1 rings (SSSR count). The van der Waals surface area contributed by atoms with Gasteiger partial charge in [0.15, 0.2) is 0 Å². The van der Waals surface area contributed by atoms with E-state index in [0.29, 0.717) is 5.41 Å². The van der Waals surface area contributed by atoms with Crippen molar-refractivity contribution in [3.05, 3.63) is 0 Å². The van der Waals surface area contributed by atoms with Crippen LogP contribution in [0.15, 0.2) is 0 Å². The van der Waals surface area contributed by atoms with Crippen molar-refractivity contribution < 1.29 is 4.74 Å². The fourth-order valence-electron chi connectivity index (χ4n) is 3.06. The highest BCUT2D eigenvalue weighted by atomic mass is 16.5. The lowest BCUT2D eigenvalue weighted by atomic mass is 9.81. The summed E-state index contributed by atoms with van der Waals surface area (Å²) in [5, 5.41) is 3.72. The number of hydrogen-bond donors (Lipinski definition) is 1. The van der Waals surface area contributed by atoms with Crippen LogP contribution in [0.25, 0.3) is 0 Å². The predicted octanol–water partition coefficient (Wildman–Crippen LogP) is 3.29. The van der Waals surface area contributed by atoms with Crippen molar-refractivity contribution >= 4 is 0 Å². The van der Waals surface area contributed by atoms with Gasteiger partial charge in [-0.25, -0.2) is 0 Å². The predicted molar refractivity (Wildman–Crippen MR) is 87.3 cm³/mol. The van der Waals surface area contributed by atoms with Crippen molar-refractivity contribution in [2.24, 2.45) is 5.41 Å². The quantitative estimate of drug-likeness (QED) is 0.740. The molecule has 20 heavy (non-hydrogen) atoms. The van der Waals surface area contributed by atoms with Gasteiger partial charge in [-0.05, 0) is 59.5 Å². The highest BCUT2D eigenvalue weighted by molar-refractivity contribution is 4.89. The monoisotopic (exact) mass is 284 g/mol. The van der Waals surface area contributed by atoms with Gasteiger partial charge in [0.25, 0.3) is 0 Å². The zero-order chi connectivity index (χ0) is 15.1. The summed E-state index contributed by atoms with van der Waals surface area (Å²) in [6, 6.07) is 0. The van der Waals surface area contributed by atoms with Gasteiger partial charge in [0.2, 0.25) is 0 Å². The van der Waals surface area contributed by atoms with Crippen LogP contribution in [0.3, 0.4) is 0 Å². The summed E-state index contributed by atoms with van der Waals surface area (Å²) in [5.74, 6) is 0. The lowest BCUT2D eigenvalue weighted by Gasteiger charge is -2.42. The first-order valence-electron chi connectivity index (χ1n) is 8.46. The van der Waals surface area contributed by atoms with Gasteiger partial charge in [0.1, 0.15) is 0 Å². The summed E-state index contributed by atoms with van der Waals surface area (Å²) >= 11 is 0. The van der Waals surface area contributed by atoms with Crippen molar-refractivity contribution in [1.29, 1.82) is 0 Å². The molecule has 0 radical (unpaired) electrons. The Labute approximate surface area is 126 Å². The van der Waals surface area contributed by atoms with Gasteiger partial charge in [0.05, 0.1) is 6.61 Å². The molecule has 1 heterocycles. The molecule has 1 N–H and O–H groups in total. The molecule has 0 bridgehead atoms. The number of ether oxygens (including phenoxy) is 1. The van der Waals surface area contributed by atoms with E-state index in [0.717, 1.165) is 19.8 Å². The van der Waals surface area contributed by atoms with Gasteiger partial charge >= 0.3 is 0 Å². The second kappa shape index (κ2) is 8.35. The molecule has 0 spiro atoms. The molecule has 1 fully saturated rings. The maximum absolute atomic E-state index is 5.84. The molecule has 1 atom stereocenters. The molecule has 3 heteroatoms. The van der Waals surface area contributed by atoms with E-state index in [1.54, 1.807) is 0 Å². The van der Waals surface area contributed by atoms with Crippen LogP contribution in [0.4, 0.5) is 0 Å². The van der Waals surface area contributed by atoms with Crippen LogP contribution in [-0.4, -0.2) is 49.8 Å². The first-order chi connectivity index (χ1) is 9.41. The average Bonchev–Trinajstić information content (AvgIpc) is 2.38. The first kappa shape index (κ1) is 17.9. The van der Waals surface area contributed by atoms with Crippen LogP contribution < -0.4 is 5.32 Å². The Morgan fingerprint density at radius 2 is 1.80 bits per heavy atom. The Hall–Kier alpha value is -0.120. The van der Waals surface area contributed by atoms with E-state index in [1.807, 2.05) is 0 Å². The van der Waals surface area contributed by atoms with Crippen LogP contribution in [0.2, 0.25) is 0 Å². The zero-order valence-electron chi connectivity index (χ0n) is 14.4. The Morgan fingerprint density at radius 1 is 1.15 bits per heavy atom. The SMILES string of the molecule is CCCN(CCC)CC1(CNC(C)(C)C)CCCOC1. The molecule has 0 saturated carbocycles. The van der Waals surface area contributed by atoms with Gasteiger partial charge in [-0.2, -0.15) is 0 Å². The molecular formula is C17H36N2O. The summed E-state index contributed by atoms with van der Waals surface area (Å²) in [4.78, 5) is 2.64. The Morgan fingerprint density at radius 3 is 2.25 bits per heavy atom. The first-order valence-corrected chi connectivity index (χ1v) is 8.46. The van der Waals surface area contributed by atoms with Crippen molar-refractivity contribution in [1.82, 2.24) is 10.2 Å². The minimum atomic E-state index is 0.185. The summed E-state index contributed by atoms with van der Waals surface area (Å²) in [5.41, 5.74) is 0.487. The van der Waals surface area contributed by atoms with E-state index in [2.05, 4.69) is 44.8 Å². The molecule has 1 aliphatic heterocycles. The molecular weight excluding hydrogens is 248 g/mol. The third-order valence-electron chi connectivity index (χ3n) is 4.04. The van der Waals surface area contributed by atoms with E-state index in [9.17, 15) is 0 Å². The minimum Gasteiger partial charge on any atom is -0.381 e. The summed E-state index contributed by atoms with van der Waals surface area (Å²) < 4.78 is 5.84. The van der Waals surface area contributed by atoms with Crippen LogP contribution >= 0.6 is 0 Å². The number of rotatable bonds is 8. The highest BCUT2D eigenvalue weighted by Crippen LogP contribution is 2.30. The normalized spacial score (nSPS) is 24.3. The van der Waals surface area contributed by atoms with Gasteiger partial charge < -0.3 is 15.0 Å². The second-order valence-electron chi connectivity index (χ2n) is 7.54. The van der Waals surface area contributed by atoms with Crippen LogP contribution in [0, 0.1) is 5.41 Å². The third-order valence-corrected chi connectivity index (χ3v) is 4.04. The maximum atomic E-state index is 5.84. The fraction of sp³-hybridized carbons (Fsp3) is 1.00. The molecule has 0 aliphatic carbocycles. The molecule has 0 aromatic rings. The average molecular weight is 284 g/mol. The van der Waals surface area contributed by atoms with Gasteiger partial charge in [-0.3, -0.25) is 0 Å². The van der Waals surface area contributed by atoms with E-state index < -0.39 is 0 Å². The van der Waals surface area contributed by atoms with Crippen molar-refractivity contribution in [2.45, 2.75) is 65.8 Å². The van der Waals surface area contributed by atoms with E-state index >= 15 is 0 Å². The fourth-order valence-corrected chi connectivity index (χ4v) is 3.06. The van der Waals surface area contributed by atoms with E-state index in [4.69, 9.17) is 4.74 Å². The Balaban J connectivity index is 2.65. The standard InChI is InChI=1S/C17H36N2O/c1-6-10-19(11-7-2)14-17(9-8-12-20-15-17)13-18-16(3,4)5/h18H,6-15H2,1-5H3. The molecule has 0 aromatic heterocycles. The lowest BCUT2D eigenvalue weighted by molar-refractivity contribution is -0.0288. The number of nitrogens with one attached hydrogen (secondary N) is 1. The van der Waals surface area contributed by atoms with E-state index in [1.165, 1.54) is 45.3 Å².